The monoisotopic (exact) mass is 371 g/mol. The van der Waals surface area contributed by atoms with E-state index >= 15 is 0 Å². The molecule has 5 nitrogen and oxygen atoms in total. The molecule has 0 amide bonds. The van der Waals surface area contributed by atoms with Gasteiger partial charge in [0.25, 0.3) is 0 Å². The van der Waals surface area contributed by atoms with E-state index < -0.39 is 0 Å². The van der Waals surface area contributed by atoms with Crippen LogP contribution in [0.15, 0.2) is 0 Å². The van der Waals surface area contributed by atoms with Gasteiger partial charge in [0.15, 0.2) is 0 Å². The number of nitriles is 1. The quantitative estimate of drug-likeness (QED) is 0.599. The molecule has 3 saturated heterocycles. The molecular formula is C22H37N5. The van der Waals surface area contributed by atoms with Crippen molar-refractivity contribution in [3.8, 4) is 6.07 Å². The minimum Gasteiger partial charge on any atom is -0.316 e. The topological polar surface area (TPSA) is 71.9 Å². The van der Waals surface area contributed by atoms with E-state index in [1.54, 1.807) is 0 Å². The van der Waals surface area contributed by atoms with E-state index in [4.69, 9.17) is 0 Å². The van der Waals surface area contributed by atoms with Crippen molar-refractivity contribution < 1.29 is 0 Å². The molecule has 0 aromatic rings. The van der Waals surface area contributed by atoms with E-state index in [-0.39, 0.29) is 0 Å². The van der Waals surface area contributed by atoms with E-state index in [1.165, 1.54) is 58.0 Å². The zero-order chi connectivity index (χ0) is 18.2. The molecule has 7 atom stereocenters. The van der Waals surface area contributed by atoms with E-state index in [9.17, 15) is 5.26 Å². The lowest BCUT2D eigenvalue weighted by Gasteiger charge is -2.49. The van der Waals surface area contributed by atoms with Crippen LogP contribution < -0.4 is 21.5 Å². The number of piperidine rings is 2. The summed E-state index contributed by atoms with van der Waals surface area (Å²) in [4.78, 5) is 0. The lowest BCUT2D eigenvalue weighted by molar-refractivity contribution is 0.0508. The molecule has 2 aliphatic carbocycles. The Morgan fingerprint density at radius 1 is 0.778 bits per heavy atom. The number of hydrogen-bond donors (Lipinski definition) is 4. The fourth-order valence-corrected chi connectivity index (χ4v) is 7.34. The standard InChI is InChI=1S/C22H37N5/c23-11-14-3-5-15(6-4-14)22-21-18-10-16(17-2-1-9-24-12-17)7-8-19(18)25-13-20(21)26-27-22/h14-22,24-27H,1-10,12-13H2. The summed E-state index contributed by atoms with van der Waals surface area (Å²) in [5.74, 6) is 4.50. The van der Waals surface area contributed by atoms with Gasteiger partial charge in [-0.3, -0.25) is 10.9 Å². The average molecular weight is 372 g/mol. The molecule has 0 aromatic heterocycles. The lowest BCUT2D eigenvalue weighted by atomic mass is 9.61. The van der Waals surface area contributed by atoms with Gasteiger partial charge in [-0.05, 0) is 100 Å². The van der Waals surface area contributed by atoms with Gasteiger partial charge in [0.1, 0.15) is 0 Å². The summed E-state index contributed by atoms with van der Waals surface area (Å²) >= 11 is 0. The number of fused-ring (bicyclic) bond motifs is 3. The van der Waals surface area contributed by atoms with Crippen molar-refractivity contribution in [2.75, 3.05) is 19.6 Å². The summed E-state index contributed by atoms with van der Waals surface area (Å²) in [5, 5.41) is 16.8. The number of rotatable bonds is 2. The fourth-order valence-electron chi connectivity index (χ4n) is 7.34. The smallest absolute Gasteiger partial charge is 0.0655 e. The van der Waals surface area contributed by atoms with Crippen LogP contribution in [-0.4, -0.2) is 37.8 Å². The third kappa shape index (κ3) is 3.55. The first kappa shape index (κ1) is 18.4. The third-order valence-corrected chi connectivity index (χ3v) is 8.81. The molecule has 0 spiro atoms. The Morgan fingerprint density at radius 3 is 2.41 bits per heavy atom. The van der Waals surface area contributed by atoms with Crippen LogP contribution in [0.5, 0.6) is 0 Å². The molecule has 3 aliphatic heterocycles. The molecule has 4 N–H and O–H groups in total. The summed E-state index contributed by atoms with van der Waals surface area (Å²) in [7, 11) is 0. The van der Waals surface area contributed by atoms with Crippen LogP contribution >= 0.6 is 0 Å². The second kappa shape index (κ2) is 7.99. The fraction of sp³-hybridized carbons (Fsp3) is 0.955. The molecule has 5 fully saturated rings. The van der Waals surface area contributed by atoms with Gasteiger partial charge in [-0.15, -0.1) is 0 Å². The highest BCUT2D eigenvalue weighted by Crippen LogP contribution is 2.46. The van der Waals surface area contributed by atoms with Crippen LogP contribution in [0.4, 0.5) is 0 Å². The van der Waals surface area contributed by atoms with Crippen molar-refractivity contribution in [2.24, 2.45) is 35.5 Å². The lowest BCUT2D eigenvalue weighted by Crippen LogP contribution is -2.59. The van der Waals surface area contributed by atoms with E-state index in [1.807, 2.05) is 0 Å². The summed E-state index contributed by atoms with van der Waals surface area (Å²) < 4.78 is 0. The van der Waals surface area contributed by atoms with Crippen LogP contribution in [0.25, 0.3) is 0 Å². The highest BCUT2D eigenvalue weighted by Gasteiger charge is 2.51. The van der Waals surface area contributed by atoms with Gasteiger partial charge < -0.3 is 10.6 Å². The Balaban J connectivity index is 1.29. The first-order chi connectivity index (χ1) is 13.3. The highest BCUT2D eigenvalue weighted by molar-refractivity contribution is 5.07. The molecule has 5 rings (SSSR count). The first-order valence-corrected chi connectivity index (χ1v) is 11.7. The average Bonchev–Trinajstić information content (AvgIpc) is 3.19. The number of hydrogen-bond acceptors (Lipinski definition) is 5. The molecule has 2 saturated carbocycles. The van der Waals surface area contributed by atoms with Crippen LogP contribution in [-0.2, 0) is 0 Å². The van der Waals surface area contributed by atoms with Crippen LogP contribution in [0.3, 0.4) is 0 Å². The molecule has 5 aliphatic rings. The van der Waals surface area contributed by atoms with Gasteiger partial charge in [-0.25, -0.2) is 0 Å². The molecule has 5 heteroatoms. The molecule has 0 radical (unpaired) electrons. The van der Waals surface area contributed by atoms with Crippen molar-refractivity contribution in [3.63, 3.8) is 0 Å². The minimum absolute atomic E-state index is 0.310. The number of nitrogens with zero attached hydrogens (tertiary/aromatic N) is 1. The minimum atomic E-state index is 0.310. The molecule has 3 heterocycles. The predicted molar refractivity (Wildman–Crippen MR) is 107 cm³/mol. The summed E-state index contributed by atoms with van der Waals surface area (Å²) in [5.41, 5.74) is 7.41. The normalized spacial score (nSPS) is 50.4. The van der Waals surface area contributed by atoms with Gasteiger partial charge in [0.2, 0.25) is 0 Å². The predicted octanol–water partition coefficient (Wildman–Crippen LogP) is 2.17. The van der Waals surface area contributed by atoms with E-state index in [2.05, 4.69) is 27.6 Å². The Bertz CT molecular complexity index is 545. The van der Waals surface area contributed by atoms with E-state index in [0.29, 0.717) is 18.0 Å². The zero-order valence-electron chi connectivity index (χ0n) is 16.6. The second-order valence-corrected chi connectivity index (χ2v) is 10.1. The second-order valence-electron chi connectivity index (χ2n) is 10.1. The highest BCUT2D eigenvalue weighted by atomic mass is 15.4. The van der Waals surface area contributed by atoms with Crippen LogP contribution in [0.2, 0.25) is 0 Å². The van der Waals surface area contributed by atoms with Crippen molar-refractivity contribution >= 4 is 0 Å². The van der Waals surface area contributed by atoms with Gasteiger partial charge in [-0.1, -0.05) is 0 Å². The largest absolute Gasteiger partial charge is 0.316 e. The van der Waals surface area contributed by atoms with Crippen molar-refractivity contribution in [3.05, 3.63) is 0 Å². The van der Waals surface area contributed by atoms with E-state index in [0.717, 1.165) is 55.0 Å². The maximum absolute atomic E-state index is 9.25. The first-order valence-electron chi connectivity index (χ1n) is 11.7. The van der Waals surface area contributed by atoms with Gasteiger partial charge >= 0.3 is 0 Å². The third-order valence-electron chi connectivity index (χ3n) is 8.81. The molecular weight excluding hydrogens is 334 g/mol. The molecule has 27 heavy (non-hydrogen) atoms. The molecule has 0 aromatic carbocycles. The maximum atomic E-state index is 9.25. The summed E-state index contributed by atoms with van der Waals surface area (Å²) in [6, 6.07) is 4.45. The molecule has 150 valence electrons. The number of hydrazine groups is 1. The Kier molecular flexibility index (Phi) is 5.43. The number of nitrogens with one attached hydrogen (secondary N) is 4. The maximum Gasteiger partial charge on any atom is 0.0655 e. The van der Waals surface area contributed by atoms with Crippen molar-refractivity contribution in [1.29, 1.82) is 5.26 Å². The molecule has 0 bridgehead atoms. The van der Waals surface area contributed by atoms with Crippen LogP contribution in [0, 0.1) is 46.8 Å². The van der Waals surface area contributed by atoms with Crippen molar-refractivity contribution in [1.82, 2.24) is 21.5 Å². The summed E-state index contributed by atoms with van der Waals surface area (Å²) in [6.07, 6.45) is 11.7. The van der Waals surface area contributed by atoms with Gasteiger partial charge in [0, 0.05) is 30.6 Å². The Hall–Kier alpha value is -0.670. The molecule has 7 unspecified atom stereocenters. The van der Waals surface area contributed by atoms with Gasteiger partial charge in [-0.2, -0.15) is 5.26 Å². The van der Waals surface area contributed by atoms with Gasteiger partial charge in [0.05, 0.1) is 6.07 Å². The SMILES string of the molecule is N#CC1CCC(C2NNC3CNC4CCC(C5CCCNC5)CC4C32)CC1. The zero-order valence-corrected chi connectivity index (χ0v) is 16.6. The van der Waals surface area contributed by atoms with Crippen LogP contribution in [0.1, 0.15) is 57.8 Å². The Morgan fingerprint density at radius 2 is 1.63 bits per heavy atom. The Labute approximate surface area is 164 Å². The van der Waals surface area contributed by atoms with Crippen molar-refractivity contribution in [2.45, 2.75) is 75.9 Å². The summed E-state index contributed by atoms with van der Waals surface area (Å²) in [6.45, 7) is 3.60.